The van der Waals surface area contributed by atoms with E-state index in [1.807, 2.05) is 0 Å². The molecule has 0 bridgehead atoms. The van der Waals surface area contributed by atoms with Gasteiger partial charge in [0.2, 0.25) is 0 Å². The van der Waals surface area contributed by atoms with Crippen LogP contribution >= 0.6 is 0 Å². The molecule has 5 heteroatoms. The van der Waals surface area contributed by atoms with E-state index in [1.165, 1.54) is 7.11 Å². The second kappa shape index (κ2) is 6.80. The van der Waals surface area contributed by atoms with Crippen LogP contribution in [0.5, 0.6) is 11.5 Å². The number of aliphatic hydroxyl groups excluding tert-OH is 1. The van der Waals surface area contributed by atoms with Gasteiger partial charge in [0.1, 0.15) is 6.10 Å². The number of allylic oxidation sites excluding steroid dienone is 1. The van der Waals surface area contributed by atoms with Gasteiger partial charge in [0, 0.05) is 5.70 Å². The Labute approximate surface area is 112 Å². The fourth-order valence-corrected chi connectivity index (χ4v) is 1.48. The molecule has 0 aliphatic rings. The number of amides is 1. The molecule has 1 rings (SSSR count). The molecule has 0 saturated carbocycles. The number of carbonyl (C=O) groups excluding carboxylic acids is 1. The number of aliphatic hydroxyl groups is 1. The summed E-state index contributed by atoms with van der Waals surface area (Å²) in [5.41, 5.74) is 0.466. The van der Waals surface area contributed by atoms with E-state index in [0.29, 0.717) is 17.2 Å². The largest absolute Gasteiger partial charge is 0.493 e. The van der Waals surface area contributed by atoms with Gasteiger partial charge in [-0.3, -0.25) is 4.79 Å². The zero-order chi connectivity index (χ0) is 14.4. The Bertz CT molecular complexity index is 459. The van der Waals surface area contributed by atoms with Gasteiger partial charge in [0.15, 0.2) is 17.6 Å². The second-order valence-electron chi connectivity index (χ2n) is 4.19. The lowest BCUT2D eigenvalue weighted by Crippen LogP contribution is -2.42. The van der Waals surface area contributed by atoms with Crippen molar-refractivity contribution in [2.75, 3.05) is 7.11 Å². The molecule has 0 saturated heterocycles. The van der Waals surface area contributed by atoms with Gasteiger partial charge in [-0.15, -0.1) is 0 Å². The molecule has 5 nitrogen and oxygen atoms in total. The number of hydrogen-bond donors (Lipinski definition) is 2. The molecule has 0 radical (unpaired) electrons. The van der Waals surface area contributed by atoms with Crippen molar-refractivity contribution in [1.82, 2.24) is 5.32 Å². The highest BCUT2D eigenvalue weighted by Gasteiger charge is 2.24. The summed E-state index contributed by atoms with van der Waals surface area (Å²) < 4.78 is 10.7. The third kappa shape index (κ3) is 4.30. The van der Waals surface area contributed by atoms with Crippen LogP contribution in [0.4, 0.5) is 0 Å². The predicted octanol–water partition coefficient (Wildman–Crippen LogP) is 1.47. The molecule has 104 valence electrons. The average molecular weight is 265 g/mol. The summed E-state index contributed by atoms with van der Waals surface area (Å²) in [7, 11) is 1.52. The Hall–Kier alpha value is -2.01. The van der Waals surface area contributed by atoms with Crippen molar-refractivity contribution < 1.29 is 19.4 Å². The zero-order valence-corrected chi connectivity index (χ0v) is 11.3. The molecular weight excluding hydrogens is 246 g/mol. The Kier molecular flexibility index (Phi) is 5.38. The normalized spacial score (nSPS) is 13.3. The van der Waals surface area contributed by atoms with Gasteiger partial charge in [-0.1, -0.05) is 18.7 Å². The third-order valence-electron chi connectivity index (χ3n) is 2.43. The SMILES string of the molecule is C=C(C)NC(=O)C(O)C(C)Oc1ccccc1OC. The zero-order valence-electron chi connectivity index (χ0n) is 11.3. The van der Waals surface area contributed by atoms with E-state index in [0.717, 1.165) is 0 Å². The standard InChI is InChI=1S/C14H19NO4/c1-9(2)15-14(17)13(16)10(3)19-12-8-6-5-7-11(12)18-4/h5-8,10,13,16H,1H2,2-4H3,(H,15,17). The molecular formula is C14H19NO4. The van der Waals surface area contributed by atoms with Gasteiger partial charge in [-0.2, -0.15) is 0 Å². The molecule has 0 spiro atoms. The van der Waals surface area contributed by atoms with Gasteiger partial charge < -0.3 is 19.9 Å². The van der Waals surface area contributed by atoms with E-state index in [2.05, 4.69) is 11.9 Å². The molecule has 0 fully saturated rings. The van der Waals surface area contributed by atoms with Crippen LogP contribution in [0.2, 0.25) is 0 Å². The van der Waals surface area contributed by atoms with Crippen LogP contribution in [0.15, 0.2) is 36.5 Å². The van der Waals surface area contributed by atoms with Crippen molar-refractivity contribution in [3.63, 3.8) is 0 Å². The third-order valence-corrected chi connectivity index (χ3v) is 2.43. The number of ether oxygens (including phenoxy) is 2. The monoisotopic (exact) mass is 265 g/mol. The minimum absolute atomic E-state index is 0.466. The first-order chi connectivity index (χ1) is 8.95. The molecule has 0 aliphatic heterocycles. The van der Waals surface area contributed by atoms with Crippen molar-refractivity contribution >= 4 is 5.91 Å². The number of methoxy groups -OCH3 is 1. The van der Waals surface area contributed by atoms with E-state index in [4.69, 9.17) is 9.47 Å². The molecule has 0 heterocycles. The first-order valence-corrected chi connectivity index (χ1v) is 5.89. The number of hydrogen-bond acceptors (Lipinski definition) is 4. The fraction of sp³-hybridized carbons (Fsp3) is 0.357. The second-order valence-corrected chi connectivity index (χ2v) is 4.19. The van der Waals surface area contributed by atoms with E-state index >= 15 is 0 Å². The first kappa shape index (κ1) is 15.0. The predicted molar refractivity (Wildman–Crippen MR) is 72.0 cm³/mol. The Morgan fingerprint density at radius 3 is 2.47 bits per heavy atom. The summed E-state index contributed by atoms with van der Waals surface area (Å²) >= 11 is 0. The Morgan fingerprint density at radius 1 is 1.37 bits per heavy atom. The number of nitrogens with one attached hydrogen (secondary N) is 1. The van der Waals surface area contributed by atoms with Crippen LogP contribution in [0, 0.1) is 0 Å². The lowest BCUT2D eigenvalue weighted by molar-refractivity contribution is -0.132. The van der Waals surface area contributed by atoms with Crippen molar-refractivity contribution in [3.8, 4) is 11.5 Å². The minimum Gasteiger partial charge on any atom is -0.493 e. The van der Waals surface area contributed by atoms with Crippen LogP contribution in [-0.4, -0.2) is 30.3 Å². The number of carbonyl (C=O) groups is 1. The van der Waals surface area contributed by atoms with Gasteiger partial charge >= 0.3 is 0 Å². The minimum atomic E-state index is -1.29. The summed E-state index contributed by atoms with van der Waals surface area (Å²) in [6.07, 6.45) is -2.00. The highest BCUT2D eigenvalue weighted by atomic mass is 16.5. The maximum atomic E-state index is 11.6. The smallest absolute Gasteiger partial charge is 0.256 e. The van der Waals surface area contributed by atoms with Crippen molar-refractivity contribution in [2.45, 2.75) is 26.1 Å². The molecule has 19 heavy (non-hydrogen) atoms. The quantitative estimate of drug-likeness (QED) is 0.817. The number of rotatable bonds is 6. The lowest BCUT2D eigenvalue weighted by Gasteiger charge is -2.21. The molecule has 0 aromatic heterocycles. The van der Waals surface area contributed by atoms with E-state index in [1.54, 1.807) is 38.1 Å². The first-order valence-electron chi connectivity index (χ1n) is 5.89. The topological polar surface area (TPSA) is 67.8 Å². The van der Waals surface area contributed by atoms with Gasteiger partial charge in [0.25, 0.3) is 5.91 Å². The van der Waals surface area contributed by atoms with Crippen molar-refractivity contribution in [3.05, 3.63) is 36.5 Å². The maximum absolute atomic E-state index is 11.6. The van der Waals surface area contributed by atoms with Gasteiger partial charge in [-0.25, -0.2) is 0 Å². The van der Waals surface area contributed by atoms with E-state index in [-0.39, 0.29) is 0 Å². The molecule has 0 aliphatic carbocycles. The van der Waals surface area contributed by atoms with Crippen LogP contribution in [-0.2, 0) is 4.79 Å². The van der Waals surface area contributed by atoms with Crippen LogP contribution in [0.25, 0.3) is 0 Å². The van der Waals surface area contributed by atoms with Crippen LogP contribution in [0.1, 0.15) is 13.8 Å². The summed E-state index contributed by atoms with van der Waals surface area (Å²) in [6, 6.07) is 7.03. The van der Waals surface area contributed by atoms with Crippen molar-refractivity contribution in [1.29, 1.82) is 0 Å². The molecule has 2 atom stereocenters. The summed E-state index contributed by atoms with van der Waals surface area (Å²) in [4.78, 5) is 11.6. The maximum Gasteiger partial charge on any atom is 0.256 e. The van der Waals surface area contributed by atoms with E-state index < -0.39 is 18.1 Å². The van der Waals surface area contributed by atoms with Crippen molar-refractivity contribution in [2.24, 2.45) is 0 Å². The lowest BCUT2D eigenvalue weighted by atomic mass is 10.2. The average Bonchev–Trinajstić information content (AvgIpc) is 2.37. The number of benzene rings is 1. The Morgan fingerprint density at radius 2 is 1.95 bits per heavy atom. The highest BCUT2D eigenvalue weighted by Crippen LogP contribution is 2.27. The van der Waals surface area contributed by atoms with Gasteiger partial charge in [-0.05, 0) is 26.0 Å². The van der Waals surface area contributed by atoms with Crippen LogP contribution < -0.4 is 14.8 Å². The summed E-state index contributed by atoms with van der Waals surface area (Å²) in [5, 5.41) is 12.3. The molecule has 2 unspecified atom stereocenters. The molecule has 2 N–H and O–H groups in total. The van der Waals surface area contributed by atoms with E-state index in [9.17, 15) is 9.90 Å². The number of para-hydroxylation sites is 2. The molecule has 1 amide bonds. The van der Waals surface area contributed by atoms with Crippen LogP contribution in [0.3, 0.4) is 0 Å². The highest BCUT2D eigenvalue weighted by molar-refractivity contribution is 5.82. The summed E-state index contributed by atoms with van der Waals surface area (Å²) in [5.74, 6) is 0.469. The fourth-order valence-electron chi connectivity index (χ4n) is 1.48. The van der Waals surface area contributed by atoms with Gasteiger partial charge in [0.05, 0.1) is 7.11 Å². The molecule has 1 aromatic rings. The molecule has 1 aromatic carbocycles. The Balaban J connectivity index is 2.70. The summed E-state index contributed by atoms with van der Waals surface area (Å²) in [6.45, 7) is 6.79.